The molecule has 36 heavy (non-hydrogen) atoms. The Labute approximate surface area is 210 Å². The normalized spacial score (nSPS) is 15.1. The van der Waals surface area contributed by atoms with Crippen molar-refractivity contribution in [2.24, 2.45) is 0 Å². The first-order valence-corrected chi connectivity index (χ1v) is 13.7. The first kappa shape index (κ1) is 24.2. The van der Waals surface area contributed by atoms with Crippen LogP contribution in [0.3, 0.4) is 0 Å². The molecular weight excluding hydrogens is 476 g/mol. The molecule has 5 rings (SSSR count). The number of piperidine rings is 1. The Kier molecular flexibility index (Phi) is 6.63. The minimum absolute atomic E-state index is 0.221. The van der Waals surface area contributed by atoms with Gasteiger partial charge in [0.25, 0.3) is 0 Å². The number of aromatic amines is 1. The number of aliphatic hydroxyl groups excluding tert-OH is 1. The fraction of sp³-hybridized carbons (Fsp3) is 0.346. The van der Waals surface area contributed by atoms with Crippen molar-refractivity contribution in [2.45, 2.75) is 49.4 Å². The number of anilines is 3. The number of pyridine rings is 1. The summed E-state index contributed by atoms with van der Waals surface area (Å²) in [5.74, 6) is 2.02. The molecule has 0 radical (unpaired) electrons. The van der Waals surface area contributed by atoms with E-state index in [1.807, 2.05) is 24.4 Å². The fourth-order valence-electron chi connectivity index (χ4n) is 4.35. The van der Waals surface area contributed by atoms with E-state index in [1.54, 1.807) is 44.3 Å². The molecular formula is C26H30N6O3S. The Morgan fingerprint density at radius 2 is 1.89 bits per heavy atom. The van der Waals surface area contributed by atoms with E-state index in [0.29, 0.717) is 29.3 Å². The van der Waals surface area contributed by atoms with Crippen LogP contribution in [-0.4, -0.2) is 57.9 Å². The Hall–Kier alpha value is -3.50. The Bertz CT molecular complexity index is 1460. The molecule has 0 saturated carbocycles. The van der Waals surface area contributed by atoms with Gasteiger partial charge in [-0.2, -0.15) is 0 Å². The van der Waals surface area contributed by atoms with E-state index in [0.717, 1.165) is 42.8 Å². The minimum atomic E-state index is -3.49. The number of H-pyrrole nitrogens is 1. The molecule has 1 aliphatic rings. The molecule has 3 N–H and O–H groups in total. The lowest BCUT2D eigenvalue weighted by Crippen LogP contribution is -2.36. The van der Waals surface area contributed by atoms with Crippen LogP contribution >= 0.6 is 0 Å². The smallest absolute Gasteiger partial charge is 0.182 e. The third-order valence-electron chi connectivity index (χ3n) is 6.48. The third-order valence-corrected chi connectivity index (χ3v) is 8.69. The minimum Gasteiger partial charge on any atom is -0.393 e. The number of hydrogen-bond acceptors (Lipinski definition) is 8. The van der Waals surface area contributed by atoms with Crippen molar-refractivity contribution in [3.05, 3.63) is 66.2 Å². The first-order valence-electron chi connectivity index (χ1n) is 12.1. The number of nitrogens with zero attached hydrogens (tertiary/aromatic N) is 4. The number of benzene rings is 1. The summed E-state index contributed by atoms with van der Waals surface area (Å²) in [7, 11) is -3.49. The van der Waals surface area contributed by atoms with Crippen molar-refractivity contribution in [2.75, 3.05) is 23.3 Å². The van der Waals surface area contributed by atoms with Crippen molar-refractivity contribution in [3.8, 4) is 0 Å². The SMILES string of the molecule is CC(C)S(=O)(=O)c1ccccc1Nc1nc(Cc2ccc(N3CCC(O)CC3)nc2)nc2cc[nH]c12. The van der Waals surface area contributed by atoms with Crippen molar-refractivity contribution in [1.82, 2.24) is 19.9 Å². The summed E-state index contributed by atoms with van der Waals surface area (Å²) in [6.07, 6.45) is 5.39. The number of para-hydroxylation sites is 1. The number of fused-ring (bicyclic) bond motifs is 1. The van der Waals surface area contributed by atoms with E-state index in [1.165, 1.54) is 0 Å². The third kappa shape index (κ3) is 4.91. The number of rotatable bonds is 7. The zero-order chi connectivity index (χ0) is 25.3. The van der Waals surface area contributed by atoms with Gasteiger partial charge in [-0.05, 0) is 56.5 Å². The van der Waals surface area contributed by atoms with Gasteiger partial charge in [-0.1, -0.05) is 18.2 Å². The van der Waals surface area contributed by atoms with E-state index in [2.05, 4.69) is 25.2 Å². The lowest BCUT2D eigenvalue weighted by Gasteiger charge is -2.30. The zero-order valence-electron chi connectivity index (χ0n) is 20.3. The van der Waals surface area contributed by atoms with Crippen molar-refractivity contribution in [3.63, 3.8) is 0 Å². The number of aliphatic hydroxyl groups is 1. The second-order valence-electron chi connectivity index (χ2n) is 9.36. The Morgan fingerprint density at radius 1 is 1.11 bits per heavy atom. The van der Waals surface area contributed by atoms with Crippen LogP contribution in [0.1, 0.15) is 38.1 Å². The molecule has 0 aliphatic carbocycles. The van der Waals surface area contributed by atoms with E-state index < -0.39 is 15.1 Å². The molecule has 0 atom stereocenters. The number of nitrogens with one attached hydrogen (secondary N) is 2. The summed E-state index contributed by atoms with van der Waals surface area (Å²) < 4.78 is 25.8. The van der Waals surface area contributed by atoms with Gasteiger partial charge in [0.2, 0.25) is 0 Å². The molecule has 0 bridgehead atoms. The number of sulfone groups is 1. The first-order chi connectivity index (χ1) is 17.3. The molecule has 4 aromatic rings. The molecule has 1 saturated heterocycles. The van der Waals surface area contributed by atoms with Gasteiger partial charge < -0.3 is 20.3 Å². The maximum atomic E-state index is 12.9. The van der Waals surface area contributed by atoms with Crippen LogP contribution in [0.15, 0.2) is 59.8 Å². The molecule has 1 aromatic carbocycles. The van der Waals surface area contributed by atoms with Crippen molar-refractivity contribution < 1.29 is 13.5 Å². The average molecular weight is 507 g/mol. The molecule has 1 aliphatic heterocycles. The zero-order valence-corrected chi connectivity index (χ0v) is 21.2. The fourth-order valence-corrected chi connectivity index (χ4v) is 5.55. The summed E-state index contributed by atoms with van der Waals surface area (Å²) in [5.41, 5.74) is 2.89. The predicted molar refractivity (Wildman–Crippen MR) is 140 cm³/mol. The van der Waals surface area contributed by atoms with Gasteiger partial charge in [0.1, 0.15) is 17.2 Å². The van der Waals surface area contributed by atoms with Crippen LogP contribution in [0.5, 0.6) is 0 Å². The summed E-state index contributed by atoms with van der Waals surface area (Å²) in [4.78, 5) is 19.6. The molecule has 1 fully saturated rings. The van der Waals surface area contributed by atoms with Gasteiger partial charge in [-0.25, -0.2) is 23.4 Å². The van der Waals surface area contributed by atoms with Crippen LogP contribution in [0.25, 0.3) is 11.0 Å². The quantitative estimate of drug-likeness (QED) is 0.345. The number of hydrogen-bond donors (Lipinski definition) is 3. The van der Waals surface area contributed by atoms with Gasteiger partial charge in [0.15, 0.2) is 15.7 Å². The van der Waals surface area contributed by atoms with Gasteiger partial charge in [-0.15, -0.1) is 0 Å². The second kappa shape index (κ2) is 9.87. The molecule has 3 aromatic heterocycles. The maximum absolute atomic E-state index is 12.9. The maximum Gasteiger partial charge on any atom is 0.182 e. The molecule has 0 unspecified atom stereocenters. The highest BCUT2D eigenvalue weighted by molar-refractivity contribution is 7.92. The predicted octanol–water partition coefficient (Wildman–Crippen LogP) is 3.83. The summed E-state index contributed by atoms with van der Waals surface area (Å²) >= 11 is 0. The van der Waals surface area contributed by atoms with E-state index in [9.17, 15) is 13.5 Å². The highest BCUT2D eigenvalue weighted by atomic mass is 32.2. The van der Waals surface area contributed by atoms with Crippen LogP contribution in [0.2, 0.25) is 0 Å². The van der Waals surface area contributed by atoms with Gasteiger partial charge in [0.05, 0.1) is 27.5 Å². The van der Waals surface area contributed by atoms with E-state index in [-0.39, 0.29) is 11.0 Å². The van der Waals surface area contributed by atoms with E-state index in [4.69, 9.17) is 4.98 Å². The lowest BCUT2D eigenvalue weighted by atomic mass is 10.1. The molecule has 188 valence electrons. The topological polar surface area (TPSA) is 124 Å². The molecule has 0 spiro atoms. The second-order valence-corrected chi connectivity index (χ2v) is 11.8. The largest absolute Gasteiger partial charge is 0.393 e. The van der Waals surface area contributed by atoms with E-state index >= 15 is 0 Å². The van der Waals surface area contributed by atoms with Gasteiger partial charge in [0, 0.05) is 31.9 Å². The Morgan fingerprint density at radius 3 is 2.61 bits per heavy atom. The molecule has 0 amide bonds. The van der Waals surface area contributed by atoms with Crippen LogP contribution in [0.4, 0.5) is 17.3 Å². The highest BCUT2D eigenvalue weighted by Crippen LogP contribution is 2.30. The number of aromatic nitrogens is 4. The summed E-state index contributed by atoms with van der Waals surface area (Å²) in [6.45, 7) is 4.94. The van der Waals surface area contributed by atoms with Gasteiger partial charge in [-0.3, -0.25) is 0 Å². The van der Waals surface area contributed by atoms with Gasteiger partial charge >= 0.3 is 0 Å². The molecule has 9 nitrogen and oxygen atoms in total. The van der Waals surface area contributed by atoms with Crippen LogP contribution in [-0.2, 0) is 16.3 Å². The monoisotopic (exact) mass is 506 g/mol. The summed E-state index contributed by atoms with van der Waals surface area (Å²) in [6, 6.07) is 12.8. The average Bonchev–Trinajstić information content (AvgIpc) is 3.34. The standard InChI is InChI=1S/C26H30N6O3S/c1-17(2)36(34,35)22-6-4-3-5-20(22)30-26-25-21(9-12-27-25)29-23(31-26)15-18-7-8-24(28-16-18)32-13-10-19(33)11-14-32/h3-9,12,16-17,19,27,33H,10-11,13-15H2,1-2H3,(H,29,30,31). The Balaban J connectivity index is 1.41. The lowest BCUT2D eigenvalue weighted by molar-refractivity contribution is 0.145. The van der Waals surface area contributed by atoms with Crippen LogP contribution < -0.4 is 10.2 Å². The summed E-state index contributed by atoms with van der Waals surface area (Å²) in [5, 5.41) is 12.4. The molecule has 4 heterocycles. The van der Waals surface area contributed by atoms with Crippen molar-refractivity contribution >= 4 is 38.2 Å². The van der Waals surface area contributed by atoms with Crippen molar-refractivity contribution in [1.29, 1.82) is 0 Å². The molecule has 10 heteroatoms. The highest BCUT2D eigenvalue weighted by Gasteiger charge is 2.23. The van der Waals surface area contributed by atoms with Crippen LogP contribution in [0, 0.1) is 0 Å².